The largest absolute Gasteiger partial charge is 0.458 e. The van der Waals surface area contributed by atoms with Crippen LogP contribution in [0.4, 0.5) is 4.39 Å². The number of Topliss-reactive ketones (excluding diaryl/α,β-unsaturated/α-hetero) is 1. The Balaban J connectivity index is 1.75. The number of aliphatic hydroxyl groups is 2. The lowest BCUT2D eigenvalue weighted by atomic mass is 9.43. The number of rotatable bonds is 3. The summed E-state index contributed by atoms with van der Waals surface area (Å²) >= 11 is 0. The average molecular weight is 435 g/mol. The molecule has 0 spiro atoms. The zero-order valence-corrected chi connectivity index (χ0v) is 18.5. The summed E-state index contributed by atoms with van der Waals surface area (Å²) in [7, 11) is 0. The molecule has 0 aliphatic heterocycles. The molecule has 5 unspecified atom stereocenters. The van der Waals surface area contributed by atoms with Crippen LogP contribution in [0.3, 0.4) is 0 Å². The predicted octanol–water partition coefficient (Wildman–Crippen LogP) is 2.47. The zero-order chi connectivity index (χ0) is 23.0. The Bertz CT molecular complexity index is 910. The van der Waals surface area contributed by atoms with Crippen molar-refractivity contribution in [1.29, 1.82) is 0 Å². The van der Waals surface area contributed by atoms with E-state index in [1.807, 2.05) is 6.92 Å². The number of alkyl halides is 1. The molecule has 8 atom stereocenters. The minimum Gasteiger partial charge on any atom is -0.458 e. The molecule has 6 nitrogen and oxygen atoms in total. The second-order valence-electron chi connectivity index (χ2n) is 10.4. The molecule has 2 N–H and O–H groups in total. The molecule has 0 heterocycles. The average Bonchev–Trinajstić information content (AvgIpc) is 2.96. The summed E-state index contributed by atoms with van der Waals surface area (Å²) in [6.45, 7) is 6.10. The van der Waals surface area contributed by atoms with Crippen LogP contribution in [0.15, 0.2) is 23.8 Å². The summed E-state index contributed by atoms with van der Waals surface area (Å²) in [6, 6.07) is 0. The van der Waals surface area contributed by atoms with Gasteiger partial charge >= 0.3 is 5.97 Å². The van der Waals surface area contributed by atoms with Crippen molar-refractivity contribution in [2.75, 3.05) is 6.61 Å². The lowest BCUT2D eigenvalue weighted by molar-refractivity contribution is -0.221. The molecule has 3 fully saturated rings. The van der Waals surface area contributed by atoms with E-state index in [-0.39, 0.29) is 30.5 Å². The van der Waals surface area contributed by atoms with Crippen molar-refractivity contribution in [3.8, 4) is 0 Å². The number of carbonyl (C=O) groups excluding carboxylic acids is 3. The number of ether oxygens (including phenoxy) is 1. The number of hydrogen-bond acceptors (Lipinski definition) is 6. The predicted molar refractivity (Wildman–Crippen MR) is 109 cm³/mol. The van der Waals surface area contributed by atoms with Crippen molar-refractivity contribution in [2.45, 2.75) is 70.8 Å². The summed E-state index contributed by atoms with van der Waals surface area (Å²) in [6.07, 6.45) is 3.93. The van der Waals surface area contributed by atoms with E-state index in [1.165, 1.54) is 19.1 Å². The van der Waals surface area contributed by atoms with E-state index in [9.17, 15) is 24.6 Å². The number of ketones is 2. The van der Waals surface area contributed by atoms with Crippen molar-refractivity contribution >= 4 is 17.5 Å². The van der Waals surface area contributed by atoms with Crippen LogP contribution in [0.2, 0.25) is 0 Å². The first-order valence-corrected chi connectivity index (χ1v) is 11.0. The summed E-state index contributed by atoms with van der Waals surface area (Å²) in [5, 5.41) is 22.7. The lowest BCUT2D eigenvalue weighted by Crippen LogP contribution is -2.70. The first-order valence-electron chi connectivity index (χ1n) is 11.0. The fourth-order valence-corrected chi connectivity index (χ4v) is 7.35. The summed E-state index contributed by atoms with van der Waals surface area (Å²) in [4.78, 5) is 36.1. The first kappa shape index (κ1) is 22.3. The molecule has 0 saturated heterocycles. The van der Waals surface area contributed by atoms with E-state index < -0.39 is 52.5 Å². The molecular weight excluding hydrogens is 403 g/mol. The molecule has 4 aliphatic carbocycles. The van der Waals surface area contributed by atoms with Crippen molar-refractivity contribution in [2.24, 2.45) is 28.6 Å². The second-order valence-corrected chi connectivity index (χ2v) is 10.4. The molecule has 170 valence electrons. The van der Waals surface area contributed by atoms with E-state index in [2.05, 4.69) is 0 Å². The highest BCUT2D eigenvalue weighted by Gasteiger charge is 2.74. The van der Waals surface area contributed by atoms with Gasteiger partial charge in [0.1, 0.15) is 5.60 Å². The standard InChI is InChI=1S/C24H31FO6/c1-13-9-18-16-6-8-23(30,20(29)12-31-14(2)26)22(16,4)11-19(28)24(18,25)21(3)7-5-15(27)10-17(13)21/h5,7,10,13,16,18-19,28,30H,6,8-9,11-12H2,1-4H3/t13-,16?,18?,19?,21?,22?,23-,24-/m0/s1. The Morgan fingerprint density at radius 3 is 2.61 bits per heavy atom. The first-order chi connectivity index (χ1) is 14.3. The molecule has 0 radical (unpaired) electrons. The lowest BCUT2D eigenvalue weighted by Gasteiger charge is -2.63. The maximum Gasteiger partial charge on any atom is 0.303 e. The summed E-state index contributed by atoms with van der Waals surface area (Å²) < 4.78 is 21.9. The molecule has 4 aliphatic rings. The summed E-state index contributed by atoms with van der Waals surface area (Å²) in [5.41, 5.74) is -5.30. The highest BCUT2D eigenvalue weighted by Crippen LogP contribution is 2.70. The number of halogens is 1. The van der Waals surface area contributed by atoms with Gasteiger partial charge in [-0.25, -0.2) is 4.39 Å². The molecule has 0 amide bonds. The van der Waals surface area contributed by atoms with E-state index in [0.717, 1.165) is 0 Å². The van der Waals surface area contributed by atoms with Gasteiger partial charge in [0.05, 0.1) is 6.10 Å². The van der Waals surface area contributed by atoms with Crippen LogP contribution >= 0.6 is 0 Å². The topological polar surface area (TPSA) is 101 Å². The normalized spacial score (nSPS) is 48.4. The monoisotopic (exact) mass is 434 g/mol. The molecule has 4 rings (SSSR count). The van der Waals surface area contributed by atoms with Crippen LogP contribution < -0.4 is 0 Å². The molecule has 0 aromatic rings. The molecule has 3 saturated carbocycles. The Morgan fingerprint density at radius 1 is 1.29 bits per heavy atom. The van der Waals surface area contributed by atoms with Crippen molar-refractivity contribution < 1.29 is 33.7 Å². The van der Waals surface area contributed by atoms with Gasteiger partial charge in [-0.2, -0.15) is 0 Å². The van der Waals surface area contributed by atoms with Gasteiger partial charge in [-0.1, -0.05) is 25.5 Å². The van der Waals surface area contributed by atoms with E-state index in [1.54, 1.807) is 19.9 Å². The van der Waals surface area contributed by atoms with Crippen molar-refractivity contribution in [3.05, 3.63) is 23.8 Å². The Hall–Kier alpha value is -1.86. The number of hydrogen-bond donors (Lipinski definition) is 2. The quantitative estimate of drug-likeness (QED) is 0.662. The van der Waals surface area contributed by atoms with Crippen LogP contribution in [-0.4, -0.2) is 51.7 Å². The van der Waals surface area contributed by atoms with Gasteiger partial charge in [0.15, 0.2) is 18.1 Å². The molecule has 31 heavy (non-hydrogen) atoms. The highest BCUT2D eigenvalue weighted by atomic mass is 19.1. The Labute approximate surface area is 181 Å². The minimum absolute atomic E-state index is 0.0761. The zero-order valence-electron chi connectivity index (χ0n) is 18.5. The molecular formula is C24H31FO6. The van der Waals surface area contributed by atoms with Gasteiger partial charge in [0.2, 0.25) is 5.78 Å². The molecule has 0 aromatic carbocycles. The van der Waals surface area contributed by atoms with Gasteiger partial charge in [-0.05, 0) is 56.6 Å². The van der Waals surface area contributed by atoms with Crippen molar-refractivity contribution in [1.82, 2.24) is 0 Å². The van der Waals surface area contributed by atoms with Crippen molar-refractivity contribution in [3.63, 3.8) is 0 Å². The number of allylic oxidation sites excluding steroid dienone is 4. The van der Waals surface area contributed by atoms with Crippen LogP contribution in [0.5, 0.6) is 0 Å². The number of esters is 1. The van der Waals surface area contributed by atoms with E-state index >= 15 is 4.39 Å². The van der Waals surface area contributed by atoms with E-state index in [4.69, 9.17) is 4.74 Å². The summed E-state index contributed by atoms with van der Waals surface area (Å²) in [5.74, 6) is -2.40. The molecule has 0 aromatic heterocycles. The number of carbonyl (C=O) groups is 3. The Kier molecular flexibility index (Phi) is 4.91. The smallest absolute Gasteiger partial charge is 0.303 e. The van der Waals surface area contributed by atoms with Gasteiger partial charge in [-0.15, -0.1) is 0 Å². The van der Waals surface area contributed by atoms with Crippen LogP contribution in [-0.2, 0) is 19.1 Å². The van der Waals surface area contributed by atoms with Gasteiger partial charge < -0.3 is 14.9 Å². The van der Waals surface area contributed by atoms with E-state index in [0.29, 0.717) is 18.4 Å². The van der Waals surface area contributed by atoms with Crippen LogP contribution in [0.25, 0.3) is 0 Å². The third-order valence-corrected chi connectivity index (χ3v) is 8.99. The molecule has 0 bridgehead atoms. The van der Waals surface area contributed by atoms with Crippen LogP contribution in [0, 0.1) is 28.6 Å². The van der Waals surface area contributed by atoms with Crippen LogP contribution in [0.1, 0.15) is 53.4 Å². The van der Waals surface area contributed by atoms with Gasteiger partial charge in [-0.3, -0.25) is 14.4 Å². The number of aliphatic hydroxyl groups excluding tert-OH is 1. The minimum atomic E-state index is -2.02. The second kappa shape index (κ2) is 6.82. The van der Waals surface area contributed by atoms with Gasteiger partial charge in [0, 0.05) is 23.7 Å². The SMILES string of the molecule is CC(=O)OCC(=O)[C@@]1(O)CCC2C3C[C@H](C)C4=CC(=O)C=CC4(C)[C@@]3(F)C(O)CC21C. The fourth-order valence-electron chi connectivity index (χ4n) is 7.35. The highest BCUT2D eigenvalue weighted by molar-refractivity contribution is 6.01. The maximum absolute atomic E-state index is 17.1. The fraction of sp³-hybridized carbons (Fsp3) is 0.708. The number of fused-ring (bicyclic) bond motifs is 5. The maximum atomic E-state index is 17.1. The molecule has 7 heteroatoms. The third-order valence-electron chi connectivity index (χ3n) is 8.99. The van der Waals surface area contributed by atoms with Gasteiger partial charge in [0.25, 0.3) is 0 Å². The Morgan fingerprint density at radius 2 is 1.97 bits per heavy atom. The third kappa shape index (κ3) is 2.72.